The fraction of sp³-hybridized carbons (Fsp3) is 0.923. The Balaban J connectivity index is 1.82. The molecule has 1 heterocycles. The minimum atomic E-state index is -0.00412. The van der Waals surface area contributed by atoms with Crippen LogP contribution in [0.5, 0.6) is 0 Å². The van der Waals surface area contributed by atoms with Gasteiger partial charge < -0.3 is 10.2 Å². The third-order valence-electron chi connectivity index (χ3n) is 4.37. The highest BCUT2D eigenvalue weighted by atomic mass is 16.2. The molecule has 3 heteroatoms. The van der Waals surface area contributed by atoms with Gasteiger partial charge in [-0.15, -0.1) is 0 Å². The largest absolute Gasteiger partial charge is 0.342 e. The summed E-state index contributed by atoms with van der Waals surface area (Å²) < 4.78 is 0. The third-order valence-corrected chi connectivity index (χ3v) is 4.37. The van der Waals surface area contributed by atoms with Gasteiger partial charge in [0, 0.05) is 18.5 Å². The van der Waals surface area contributed by atoms with Gasteiger partial charge in [-0.2, -0.15) is 0 Å². The van der Waals surface area contributed by atoms with Crippen LogP contribution in [0.1, 0.15) is 39.0 Å². The first-order chi connectivity index (χ1) is 7.65. The highest BCUT2D eigenvalue weighted by molar-refractivity contribution is 5.83. The van der Waals surface area contributed by atoms with E-state index in [1.807, 2.05) is 7.05 Å². The predicted molar refractivity (Wildman–Crippen MR) is 65.2 cm³/mol. The molecule has 0 unspecified atom stereocenters. The zero-order valence-corrected chi connectivity index (χ0v) is 10.6. The summed E-state index contributed by atoms with van der Waals surface area (Å²) in [6.45, 7) is 5.18. The van der Waals surface area contributed by atoms with E-state index in [1.54, 1.807) is 0 Å². The number of amides is 1. The van der Waals surface area contributed by atoms with E-state index < -0.39 is 0 Å². The zero-order chi connectivity index (χ0) is 11.6. The van der Waals surface area contributed by atoms with Crippen LogP contribution >= 0.6 is 0 Å². The van der Waals surface area contributed by atoms with E-state index in [1.165, 1.54) is 19.3 Å². The summed E-state index contributed by atoms with van der Waals surface area (Å²) in [6, 6.07) is 0. The fourth-order valence-corrected chi connectivity index (χ4v) is 2.93. The Hall–Kier alpha value is -0.570. The van der Waals surface area contributed by atoms with Gasteiger partial charge in [0.05, 0.1) is 0 Å². The Labute approximate surface area is 98.6 Å². The van der Waals surface area contributed by atoms with Crippen molar-refractivity contribution in [1.82, 2.24) is 10.2 Å². The van der Waals surface area contributed by atoms with Gasteiger partial charge in [0.2, 0.25) is 5.91 Å². The van der Waals surface area contributed by atoms with E-state index >= 15 is 0 Å². The second kappa shape index (κ2) is 4.74. The molecule has 0 aromatic rings. The number of carbonyl (C=O) groups is 1. The number of hydrogen-bond donors (Lipinski definition) is 1. The van der Waals surface area contributed by atoms with Crippen molar-refractivity contribution < 1.29 is 4.79 Å². The molecule has 0 aromatic carbocycles. The smallest absolute Gasteiger partial charge is 0.228 e. The lowest BCUT2D eigenvalue weighted by Gasteiger charge is -2.43. The van der Waals surface area contributed by atoms with Crippen molar-refractivity contribution in [1.29, 1.82) is 0 Å². The third kappa shape index (κ3) is 2.24. The molecule has 2 fully saturated rings. The Morgan fingerprint density at radius 3 is 2.44 bits per heavy atom. The van der Waals surface area contributed by atoms with Gasteiger partial charge >= 0.3 is 0 Å². The van der Waals surface area contributed by atoms with Gasteiger partial charge in [-0.3, -0.25) is 4.79 Å². The standard InChI is InChI=1S/C13H24N2O/c1-13(6-3-7-13)12(16)15-8-4-11(5-9-15)10-14-2/h11,14H,3-10H2,1-2H3. The summed E-state index contributed by atoms with van der Waals surface area (Å²) in [6.07, 6.45) is 5.77. The number of piperidine rings is 1. The van der Waals surface area contributed by atoms with Gasteiger partial charge in [0.15, 0.2) is 0 Å². The Morgan fingerprint density at radius 1 is 1.38 bits per heavy atom. The fourth-order valence-electron chi connectivity index (χ4n) is 2.93. The highest BCUT2D eigenvalue weighted by Gasteiger charge is 2.42. The monoisotopic (exact) mass is 224 g/mol. The lowest BCUT2D eigenvalue weighted by molar-refractivity contribution is -0.147. The molecule has 3 nitrogen and oxygen atoms in total. The van der Waals surface area contributed by atoms with Crippen LogP contribution in [0.2, 0.25) is 0 Å². The molecule has 1 aliphatic carbocycles. The molecule has 2 rings (SSSR count). The maximum Gasteiger partial charge on any atom is 0.228 e. The van der Waals surface area contributed by atoms with E-state index in [4.69, 9.17) is 0 Å². The van der Waals surface area contributed by atoms with Crippen LogP contribution in [0.15, 0.2) is 0 Å². The number of rotatable bonds is 3. The van der Waals surface area contributed by atoms with Crippen molar-refractivity contribution in [3.63, 3.8) is 0 Å². The molecule has 0 spiro atoms. The molecular weight excluding hydrogens is 200 g/mol. The van der Waals surface area contributed by atoms with E-state index in [9.17, 15) is 4.79 Å². The van der Waals surface area contributed by atoms with Crippen LogP contribution in [0.25, 0.3) is 0 Å². The SMILES string of the molecule is CNCC1CCN(C(=O)C2(C)CCC2)CC1. The van der Waals surface area contributed by atoms with Crippen molar-refractivity contribution >= 4 is 5.91 Å². The van der Waals surface area contributed by atoms with Crippen molar-refractivity contribution in [2.45, 2.75) is 39.0 Å². The predicted octanol–water partition coefficient (Wildman–Crippen LogP) is 1.63. The number of nitrogens with zero attached hydrogens (tertiary/aromatic N) is 1. The number of carbonyl (C=O) groups excluding carboxylic acids is 1. The average Bonchev–Trinajstić information content (AvgIpc) is 2.26. The average molecular weight is 224 g/mol. The first-order valence-corrected chi connectivity index (χ1v) is 6.60. The quantitative estimate of drug-likeness (QED) is 0.790. The second-order valence-electron chi connectivity index (χ2n) is 5.71. The van der Waals surface area contributed by atoms with E-state index in [0.717, 1.165) is 38.4 Å². The van der Waals surface area contributed by atoms with Crippen LogP contribution in [-0.4, -0.2) is 37.5 Å². The highest BCUT2D eigenvalue weighted by Crippen LogP contribution is 2.42. The molecule has 1 saturated heterocycles. The molecule has 16 heavy (non-hydrogen) atoms. The Bertz CT molecular complexity index is 253. The molecule has 2 aliphatic rings. The molecule has 0 atom stereocenters. The molecule has 1 N–H and O–H groups in total. The molecule has 92 valence electrons. The summed E-state index contributed by atoms with van der Waals surface area (Å²) in [4.78, 5) is 14.4. The maximum atomic E-state index is 12.3. The normalized spacial score (nSPS) is 25.2. The molecule has 0 bridgehead atoms. The molecule has 1 saturated carbocycles. The van der Waals surface area contributed by atoms with Crippen molar-refractivity contribution in [3.05, 3.63) is 0 Å². The number of nitrogens with one attached hydrogen (secondary N) is 1. The Morgan fingerprint density at radius 2 is 2.00 bits per heavy atom. The molecule has 1 aliphatic heterocycles. The summed E-state index contributed by atoms with van der Waals surface area (Å²) in [5.74, 6) is 1.19. The van der Waals surface area contributed by atoms with Crippen molar-refractivity contribution in [2.75, 3.05) is 26.7 Å². The van der Waals surface area contributed by atoms with Gasteiger partial charge in [-0.05, 0) is 45.2 Å². The van der Waals surface area contributed by atoms with Crippen LogP contribution in [0.3, 0.4) is 0 Å². The van der Waals surface area contributed by atoms with Crippen LogP contribution in [0.4, 0.5) is 0 Å². The van der Waals surface area contributed by atoms with Crippen molar-refractivity contribution in [3.8, 4) is 0 Å². The molecular formula is C13H24N2O. The lowest BCUT2D eigenvalue weighted by atomic mass is 9.69. The maximum absolute atomic E-state index is 12.3. The minimum absolute atomic E-state index is 0.00412. The molecule has 0 aromatic heterocycles. The van der Waals surface area contributed by atoms with Gasteiger partial charge in [-0.25, -0.2) is 0 Å². The summed E-state index contributed by atoms with van der Waals surface area (Å²) in [7, 11) is 2.01. The summed E-state index contributed by atoms with van der Waals surface area (Å²) in [5, 5.41) is 3.23. The topological polar surface area (TPSA) is 32.3 Å². The summed E-state index contributed by atoms with van der Waals surface area (Å²) >= 11 is 0. The van der Waals surface area contributed by atoms with Crippen LogP contribution in [-0.2, 0) is 4.79 Å². The molecule has 1 amide bonds. The second-order valence-corrected chi connectivity index (χ2v) is 5.71. The zero-order valence-electron chi connectivity index (χ0n) is 10.6. The van der Waals surface area contributed by atoms with Gasteiger partial charge in [-0.1, -0.05) is 13.3 Å². The first-order valence-electron chi connectivity index (χ1n) is 6.60. The number of hydrogen-bond acceptors (Lipinski definition) is 2. The van der Waals surface area contributed by atoms with Crippen LogP contribution in [0, 0.1) is 11.3 Å². The minimum Gasteiger partial charge on any atom is -0.342 e. The van der Waals surface area contributed by atoms with E-state index in [-0.39, 0.29) is 5.41 Å². The number of likely N-dealkylation sites (tertiary alicyclic amines) is 1. The lowest BCUT2D eigenvalue weighted by Crippen LogP contribution is -2.49. The van der Waals surface area contributed by atoms with E-state index in [0.29, 0.717) is 5.91 Å². The summed E-state index contributed by atoms with van der Waals surface area (Å²) in [5.41, 5.74) is -0.00412. The molecule has 0 radical (unpaired) electrons. The van der Waals surface area contributed by atoms with Gasteiger partial charge in [0.25, 0.3) is 0 Å². The van der Waals surface area contributed by atoms with Gasteiger partial charge in [0.1, 0.15) is 0 Å². The van der Waals surface area contributed by atoms with Crippen molar-refractivity contribution in [2.24, 2.45) is 11.3 Å². The van der Waals surface area contributed by atoms with E-state index in [2.05, 4.69) is 17.1 Å². The first kappa shape index (κ1) is 11.9. The van der Waals surface area contributed by atoms with Crippen LogP contribution < -0.4 is 5.32 Å². The Kier molecular flexibility index (Phi) is 3.53.